The minimum Gasteiger partial charge on any atom is -0.506 e. The Bertz CT molecular complexity index is 1010. The van der Waals surface area contributed by atoms with Gasteiger partial charge < -0.3 is 9.84 Å². The molecule has 0 aliphatic rings. The number of amides is 1. The molecule has 5 nitrogen and oxygen atoms in total. The van der Waals surface area contributed by atoms with Gasteiger partial charge in [0.05, 0.1) is 9.78 Å². The summed E-state index contributed by atoms with van der Waals surface area (Å²) in [4.78, 5) is 12.1. The number of phenolic OH excluding ortho intramolecular Hbond substituents is 1. The van der Waals surface area contributed by atoms with Crippen LogP contribution in [0, 0.1) is 3.57 Å². The van der Waals surface area contributed by atoms with Crippen molar-refractivity contribution in [2.24, 2.45) is 5.10 Å². The van der Waals surface area contributed by atoms with Crippen LogP contribution in [-0.4, -0.2) is 23.8 Å². The number of hydrogen-bond acceptors (Lipinski definition) is 4. The van der Waals surface area contributed by atoms with E-state index in [4.69, 9.17) is 4.74 Å². The van der Waals surface area contributed by atoms with Gasteiger partial charge in [-0.15, -0.1) is 0 Å². The maximum absolute atomic E-state index is 12.1. The molecule has 0 spiro atoms. The summed E-state index contributed by atoms with van der Waals surface area (Å²) < 4.78 is 7.16. The molecular formula is C21H16BrIN2O3. The average Bonchev–Trinajstić information content (AvgIpc) is 2.71. The molecule has 3 aromatic carbocycles. The van der Waals surface area contributed by atoms with Crippen LogP contribution in [0.15, 0.2) is 76.3 Å². The summed E-state index contributed by atoms with van der Waals surface area (Å²) in [7, 11) is 0. The predicted molar refractivity (Wildman–Crippen MR) is 122 cm³/mol. The van der Waals surface area contributed by atoms with Crippen molar-refractivity contribution in [1.29, 1.82) is 0 Å². The standard InChI is InChI=1S/C21H16BrIN2O3/c22-16-10-15(21(27)18(23)11-16)12-24-25-20(26)13-28-19-9-5-4-8-17(19)14-6-2-1-3-7-14/h1-12,27H,13H2,(H,25,26)/b24-12+. The molecule has 28 heavy (non-hydrogen) atoms. The highest BCUT2D eigenvalue weighted by Gasteiger charge is 2.08. The van der Waals surface area contributed by atoms with E-state index in [9.17, 15) is 9.90 Å². The third kappa shape index (κ3) is 5.32. The third-order valence-electron chi connectivity index (χ3n) is 3.78. The van der Waals surface area contributed by atoms with E-state index in [1.165, 1.54) is 6.21 Å². The number of benzene rings is 3. The Morgan fingerprint density at radius 1 is 1.14 bits per heavy atom. The van der Waals surface area contributed by atoms with Gasteiger partial charge in [-0.25, -0.2) is 5.43 Å². The summed E-state index contributed by atoms with van der Waals surface area (Å²) >= 11 is 5.38. The van der Waals surface area contributed by atoms with Crippen molar-refractivity contribution in [2.75, 3.05) is 6.61 Å². The van der Waals surface area contributed by atoms with Crippen molar-refractivity contribution in [3.8, 4) is 22.6 Å². The van der Waals surface area contributed by atoms with Gasteiger partial charge in [0.15, 0.2) is 6.61 Å². The minimum absolute atomic E-state index is 0.106. The van der Waals surface area contributed by atoms with Crippen LogP contribution < -0.4 is 10.2 Å². The lowest BCUT2D eigenvalue weighted by molar-refractivity contribution is -0.123. The number of carbonyl (C=O) groups is 1. The molecule has 0 aromatic heterocycles. The van der Waals surface area contributed by atoms with Gasteiger partial charge in [-0.05, 0) is 46.4 Å². The number of nitrogens with zero attached hydrogens (tertiary/aromatic N) is 1. The van der Waals surface area contributed by atoms with Crippen LogP contribution in [0.3, 0.4) is 0 Å². The average molecular weight is 551 g/mol. The van der Waals surface area contributed by atoms with Crippen molar-refractivity contribution in [3.63, 3.8) is 0 Å². The molecule has 0 radical (unpaired) electrons. The number of aromatic hydroxyl groups is 1. The molecule has 0 fully saturated rings. The maximum atomic E-state index is 12.1. The first-order valence-electron chi connectivity index (χ1n) is 8.32. The number of hydrogen-bond donors (Lipinski definition) is 2. The number of rotatable bonds is 6. The SMILES string of the molecule is O=C(COc1ccccc1-c1ccccc1)N/N=C/c1cc(Br)cc(I)c1O. The Balaban J connectivity index is 1.62. The molecule has 3 aromatic rings. The van der Waals surface area contributed by atoms with Crippen LogP contribution in [0.1, 0.15) is 5.56 Å². The highest BCUT2D eigenvalue weighted by atomic mass is 127. The summed E-state index contributed by atoms with van der Waals surface area (Å²) in [5.41, 5.74) is 4.82. The molecule has 0 aliphatic carbocycles. The smallest absolute Gasteiger partial charge is 0.277 e. The number of hydrazone groups is 1. The second-order valence-electron chi connectivity index (χ2n) is 5.77. The van der Waals surface area contributed by atoms with E-state index in [0.29, 0.717) is 14.9 Å². The van der Waals surface area contributed by atoms with Gasteiger partial charge >= 0.3 is 0 Å². The zero-order chi connectivity index (χ0) is 19.9. The van der Waals surface area contributed by atoms with Crippen molar-refractivity contribution >= 4 is 50.6 Å². The molecule has 7 heteroatoms. The topological polar surface area (TPSA) is 70.9 Å². The largest absolute Gasteiger partial charge is 0.506 e. The zero-order valence-electron chi connectivity index (χ0n) is 14.6. The fraction of sp³-hybridized carbons (Fsp3) is 0.0476. The van der Waals surface area contributed by atoms with Crippen molar-refractivity contribution in [2.45, 2.75) is 0 Å². The molecule has 0 saturated carbocycles. The first-order chi connectivity index (χ1) is 13.5. The normalized spacial score (nSPS) is 10.8. The van der Waals surface area contributed by atoms with E-state index in [0.717, 1.165) is 15.6 Å². The Labute approximate surface area is 184 Å². The van der Waals surface area contributed by atoms with Crippen LogP contribution in [0.25, 0.3) is 11.1 Å². The van der Waals surface area contributed by atoms with E-state index >= 15 is 0 Å². The summed E-state index contributed by atoms with van der Waals surface area (Å²) in [5, 5.41) is 13.9. The first kappa shape index (κ1) is 20.3. The Morgan fingerprint density at radius 2 is 1.86 bits per heavy atom. The zero-order valence-corrected chi connectivity index (χ0v) is 18.3. The number of carbonyl (C=O) groups excluding carboxylic acids is 1. The Hall–Kier alpha value is -2.39. The fourth-order valence-electron chi connectivity index (χ4n) is 2.48. The molecule has 0 atom stereocenters. The highest BCUT2D eigenvalue weighted by Crippen LogP contribution is 2.29. The van der Waals surface area contributed by atoms with Gasteiger partial charge in [0.25, 0.3) is 5.91 Å². The summed E-state index contributed by atoms with van der Waals surface area (Å²) in [6.45, 7) is -0.177. The van der Waals surface area contributed by atoms with Gasteiger partial charge in [0.2, 0.25) is 0 Å². The second kappa shape index (κ2) is 9.70. The van der Waals surface area contributed by atoms with Crippen molar-refractivity contribution in [1.82, 2.24) is 5.43 Å². The second-order valence-corrected chi connectivity index (χ2v) is 7.85. The highest BCUT2D eigenvalue weighted by molar-refractivity contribution is 14.1. The van der Waals surface area contributed by atoms with Crippen LogP contribution in [0.2, 0.25) is 0 Å². The molecule has 142 valence electrons. The Morgan fingerprint density at radius 3 is 2.64 bits per heavy atom. The number of phenols is 1. The number of ether oxygens (including phenoxy) is 1. The molecule has 0 heterocycles. The molecule has 0 saturated heterocycles. The minimum atomic E-state index is -0.400. The van der Waals surface area contributed by atoms with E-state index in [-0.39, 0.29) is 12.4 Å². The van der Waals surface area contributed by atoms with E-state index in [2.05, 4.69) is 26.5 Å². The summed E-state index contributed by atoms with van der Waals surface area (Å²) in [6.07, 6.45) is 1.39. The van der Waals surface area contributed by atoms with E-state index in [1.807, 2.05) is 77.2 Å². The van der Waals surface area contributed by atoms with Gasteiger partial charge in [0.1, 0.15) is 11.5 Å². The maximum Gasteiger partial charge on any atom is 0.277 e. The van der Waals surface area contributed by atoms with Crippen LogP contribution in [0.4, 0.5) is 0 Å². The van der Waals surface area contributed by atoms with Gasteiger partial charge in [-0.2, -0.15) is 5.10 Å². The number of para-hydroxylation sites is 1. The monoisotopic (exact) mass is 550 g/mol. The molecule has 3 rings (SSSR count). The molecule has 0 aliphatic heterocycles. The Kier molecular flexibility index (Phi) is 7.05. The lowest BCUT2D eigenvalue weighted by Gasteiger charge is -2.11. The van der Waals surface area contributed by atoms with Gasteiger partial charge in [-0.1, -0.05) is 64.5 Å². The summed E-state index contributed by atoms with van der Waals surface area (Å²) in [5.74, 6) is 0.324. The van der Waals surface area contributed by atoms with Crippen LogP contribution in [0.5, 0.6) is 11.5 Å². The van der Waals surface area contributed by atoms with Gasteiger partial charge in [0, 0.05) is 15.6 Å². The molecule has 0 unspecified atom stereocenters. The molecule has 0 bridgehead atoms. The fourth-order valence-corrected chi connectivity index (χ4v) is 4.03. The predicted octanol–water partition coefficient (Wildman–Crippen LogP) is 4.96. The number of halogens is 2. The molecule has 2 N–H and O–H groups in total. The van der Waals surface area contributed by atoms with Crippen LogP contribution in [-0.2, 0) is 4.79 Å². The molecular weight excluding hydrogens is 535 g/mol. The first-order valence-corrected chi connectivity index (χ1v) is 10.2. The van der Waals surface area contributed by atoms with Crippen LogP contribution >= 0.6 is 38.5 Å². The lowest BCUT2D eigenvalue weighted by Crippen LogP contribution is -2.24. The van der Waals surface area contributed by atoms with Crippen molar-refractivity contribution < 1.29 is 14.6 Å². The van der Waals surface area contributed by atoms with Crippen molar-refractivity contribution in [3.05, 3.63) is 80.3 Å². The van der Waals surface area contributed by atoms with E-state index in [1.54, 1.807) is 12.1 Å². The van der Waals surface area contributed by atoms with Gasteiger partial charge in [-0.3, -0.25) is 4.79 Å². The quantitative estimate of drug-likeness (QED) is 0.259. The third-order valence-corrected chi connectivity index (χ3v) is 5.06. The number of nitrogens with one attached hydrogen (secondary N) is 1. The lowest BCUT2D eigenvalue weighted by atomic mass is 10.1. The molecule has 1 amide bonds. The summed E-state index contributed by atoms with van der Waals surface area (Å²) in [6, 6.07) is 20.8. The van der Waals surface area contributed by atoms with E-state index < -0.39 is 5.91 Å².